The lowest BCUT2D eigenvalue weighted by molar-refractivity contribution is -0.00436. The Kier molecular flexibility index (Phi) is 8.22. The molecule has 0 saturated heterocycles. The molecule has 0 amide bonds. The lowest BCUT2D eigenvalue weighted by Gasteiger charge is -2.17. The van der Waals surface area contributed by atoms with Crippen molar-refractivity contribution in [2.24, 2.45) is 5.73 Å². The molecule has 0 spiro atoms. The molecule has 0 radical (unpaired) electrons. The summed E-state index contributed by atoms with van der Waals surface area (Å²) in [5.74, 6) is 0.720. The average Bonchev–Trinajstić information content (AvgIpc) is 2.49. The molecule has 1 aromatic carbocycles. The van der Waals surface area contributed by atoms with Crippen molar-refractivity contribution in [3.05, 3.63) is 29.8 Å². The predicted molar refractivity (Wildman–Crippen MR) is 77.9 cm³/mol. The van der Waals surface area contributed by atoms with Gasteiger partial charge >= 0.3 is 0 Å². The van der Waals surface area contributed by atoms with Gasteiger partial charge in [0.15, 0.2) is 0 Å². The van der Waals surface area contributed by atoms with Gasteiger partial charge in [0.05, 0.1) is 19.8 Å². The van der Waals surface area contributed by atoms with E-state index in [1.54, 1.807) is 7.11 Å². The molecule has 20 heavy (non-hydrogen) atoms. The van der Waals surface area contributed by atoms with Crippen LogP contribution < -0.4 is 10.5 Å². The van der Waals surface area contributed by atoms with Crippen LogP contribution in [-0.2, 0) is 9.47 Å². The molecule has 2 unspecified atom stereocenters. The minimum atomic E-state index is -0.669. The van der Waals surface area contributed by atoms with Crippen molar-refractivity contribution in [3.63, 3.8) is 0 Å². The highest BCUT2D eigenvalue weighted by atomic mass is 16.5. The van der Waals surface area contributed by atoms with Crippen LogP contribution in [0.5, 0.6) is 5.75 Å². The van der Waals surface area contributed by atoms with Crippen molar-refractivity contribution < 1.29 is 19.3 Å². The fourth-order valence-corrected chi connectivity index (χ4v) is 1.73. The second-order valence-electron chi connectivity index (χ2n) is 4.59. The summed E-state index contributed by atoms with van der Waals surface area (Å²) in [4.78, 5) is 0. The number of methoxy groups -OCH3 is 1. The zero-order chi connectivity index (χ0) is 14.8. The molecule has 0 aliphatic heterocycles. The average molecular weight is 283 g/mol. The highest BCUT2D eigenvalue weighted by Gasteiger charge is 2.12. The van der Waals surface area contributed by atoms with Crippen LogP contribution >= 0.6 is 0 Å². The molecule has 0 fully saturated rings. The first-order valence-electron chi connectivity index (χ1n) is 6.91. The maximum Gasteiger partial charge on any atom is 0.124 e. The summed E-state index contributed by atoms with van der Waals surface area (Å²) in [6, 6.07) is 7.58. The van der Waals surface area contributed by atoms with Crippen LogP contribution in [0, 0.1) is 0 Å². The summed E-state index contributed by atoms with van der Waals surface area (Å²) in [6.07, 6.45) is 0.168. The molecule has 5 nitrogen and oxygen atoms in total. The van der Waals surface area contributed by atoms with Gasteiger partial charge in [-0.25, -0.2) is 0 Å². The van der Waals surface area contributed by atoms with Gasteiger partial charge in [0.2, 0.25) is 0 Å². The highest BCUT2D eigenvalue weighted by Crippen LogP contribution is 2.25. The van der Waals surface area contributed by atoms with Crippen molar-refractivity contribution in [1.29, 1.82) is 0 Å². The van der Waals surface area contributed by atoms with E-state index in [1.807, 2.05) is 31.2 Å². The number of rotatable bonds is 10. The fourth-order valence-electron chi connectivity index (χ4n) is 1.73. The third-order valence-electron chi connectivity index (χ3n) is 2.93. The van der Waals surface area contributed by atoms with Crippen LogP contribution in [0.1, 0.15) is 24.9 Å². The van der Waals surface area contributed by atoms with Crippen molar-refractivity contribution in [2.45, 2.75) is 25.5 Å². The van der Waals surface area contributed by atoms with Crippen LogP contribution in [-0.4, -0.2) is 44.7 Å². The number of benzene rings is 1. The summed E-state index contributed by atoms with van der Waals surface area (Å²) >= 11 is 0. The molecular weight excluding hydrogens is 258 g/mol. The smallest absolute Gasteiger partial charge is 0.124 e. The van der Waals surface area contributed by atoms with Gasteiger partial charge < -0.3 is 25.1 Å². The van der Waals surface area contributed by atoms with Crippen LogP contribution in [0.4, 0.5) is 0 Å². The van der Waals surface area contributed by atoms with E-state index in [-0.39, 0.29) is 19.3 Å². The van der Waals surface area contributed by atoms with Crippen LogP contribution in [0.2, 0.25) is 0 Å². The van der Waals surface area contributed by atoms with E-state index in [1.165, 1.54) is 0 Å². The van der Waals surface area contributed by atoms with Crippen LogP contribution in [0.3, 0.4) is 0 Å². The van der Waals surface area contributed by atoms with E-state index in [0.717, 1.165) is 17.7 Å². The number of ether oxygens (including phenoxy) is 3. The van der Waals surface area contributed by atoms with Crippen molar-refractivity contribution in [1.82, 2.24) is 0 Å². The van der Waals surface area contributed by atoms with E-state index < -0.39 is 6.10 Å². The van der Waals surface area contributed by atoms with Crippen LogP contribution in [0.15, 0.2) is 24.3 Å². The lowest BCUT2D eigenvalue weighted by Crippen LogP contribution is -2.25. The molecule has 2 atom stereocenters. The summed E-state index contributed by atoms with van der Waals surface area (Å²) in [5, 5.41) is 9.77. The predicted octanol–water partition coefficient (Wildman–Crippen LogP) is 1.50. The first kappa shape index (κ1) is 16.9. The summed E-state index contributed by atoms with van der Waals surface area (Å²) in [5.41, 5.74) is 6.99. The van der Waals surface area contributed by atoms with E-state index in [2.05, 4.69) is 0 Å². The van der Waals surface area contributed by atoms with Gasteiger partial charge in [-0.3, -0.25) is 0 Å². The van der Waals surface area contributed by atoms with Gasteiger partial charge in [-0.05, 0) is 12.5 Å². The number of hydrogen-bond donors (Lipinski definition) is 2. The summed E-state index contributed by atoms with van der Waals surface area (Å²) in [6.45, 7) is 3.42. The second-order valence-corrected chi connectivity index (χ2v) is 4.59. The normalized spacial score (nSPS) is 14.0. The largest absolute Gasteiger partial charge is 0.490 e. The molecule has 1 rings (SSSR count). The Morgan fingerprint density at radius 1 is 1.20 bits per heavy atom. The van der Waals surface area contributed by atoms with E-state index in [9.17, 15) is 5.11 Å². The standard InChI is InChI=1S/C15H25NO4/c1-3-14(16)13-6-4-5-7-15(13)20-11-12(17)10-19-9-8-18-2/h4-7,12,14,17H,3,8-11,16H2,1-2H3. The van der Waals surface area contributed by atoms with E-state index in [4.69, 9.17) is 19.9 Å². The molecule has 0 saturated carbocycles. The lowest BCUT2D eigenvalue weighted by atomic mass is 10.0. The molecule has 1 aromatic rings. The maximum atomic E-state index is 9.77. The van der Waals surface area contributed by atoms with Gasteiger partial charge in [0.25, 0.3) is 0 Å². The SMILES string of the molecule is CCC(N)c1ccccc1OCC(O)COCCOC. The Labute approximate surface area is 120 Å². The molecule has 0 bridgehead atoms. The topological polar surface area (TPSA) is 73.9 Å². The van der Waals surface area contributed by atoms with E-state index in [0.29, 0.717) is 13.2 Å². The Hall–Kier alpha value is -1.14. The number of nitrogens with two attached hydrogens (primary N) is 1. The zero-order valence-electron chi connectivity index (χ0n) is 12.2. The summed E-state index contributed by atoms with van der Waals surface area (Å²) < 4.78 is 15.7. The molecule has 114 valence electrons. The molecule has 0 aliphatic rings. The van der Waals surface area contributed by atoms with Gasteiger partial charge in [-0.15, -0.1) is 0 Å². The maximum absolute atomic E-state index is 9.77. The molecular formula is C15H25NO4. The monoisotopic (exact) mass is 283 g/mol. The highest BCUT2D eigenvalue weighted by molar-refractivity contribution is 5.35. The fraction of sp³-hybridized carbons (Fsp3) is 0.600. The van der Waals surface area contributed by atoms with Gasteiger partial charge in [0, 0.05) is 18.7 Å². The van der Waals surface area contributed by atoms with E-state index >= 15 is 0 Å². The van der Waals surface area contributed by atoms with Crippen LogP contribution in [0.25, 0.3) is 0 Å². The van der Waals surface area contributed by atoms with Crippen molar-refractivity contribution in [3.8, 4) is 5.75 Å². The Morgan fingerprint density at radius 3 is 2.65 bits per heavy atom. The molecule has 5 heteroatoms. The third-order valence-corrected chi connectivity index (χ3v) is 2.93. The number of aliphatic hydroxyl groups is 1. The van der Waals surface area contributed by atoms with Crippen molar-refractivity contribution >= 4 is 0 Å². The first-order valence-corrected chi connectivity index (χ1v) is 6.91. The number of para-hydroxylation sites is 1. The number of aliphatic hydroxyl groups excluding tert-OH is 1. The number of hydrogen-bond acceptors (Lipinski definition) is 5. The Bertz CT molecular complexity index is 373. The molecule has 0 heterocycles. The second kappa shape index (κ2) is 9.72. The van der Waals surface area contributed by atoms with Gasteiger partial charge in [-0.1, -0.05) is 25.1 Å². The Balaban J connectivity index is 2.41. The van der Waals surface area contributed by atoms with Gasteiger partial charge in [-0.2, -0.15) is 0 Å². The molecule has 0 aromatic heterocycles. The first-order chi connectivity index (χ1) is 9.69. The Morgan fingerprint density at radius 2 is 1.95 bits per heavy atom. The zero-order valence-corrected chi connectivity index (χ0v) is 12.2. The van der Waals surface area contributed by atoms with Gasteiger partial charge in [0.1, 0.15) is 18.5 Å². The molecule has 3 N–H and O–H groups in total. The minimum Gasteiger partial charge on any atom is -0.490 e. The molecule has 0 aliphatic carbocycles. The quantitative estimate of drug-likeness (QED) is 0.637. The van der Waals surface area contributed by atoms with Crippen molar-refractivity contribution in [2.75, 3.05) is 33.5 Å². The summed E-state index contributed by atoms with van der Waals surface area (Å²) in [7, 11) is 1.61. The third kappa shape index (κ3) is 5.88. The minimum absolute atomic E-state index is 0.0544.